The van der Waals surface area contributed by atoms with Crippen LogP contribution in [0.1, 0.15) is 37.0 Å². The Balaban J connectivity index is 1.64. The molecule has 0 spiro atoms. The van der Waals surface area contributed by atoms with E-state index in [9.17, 15) is 13.2 Å². The van der Waals surface area contributed by atoms with E-state index in [4.69, 9.17) is 5.73 Å². The highest BCUT2D eigenvalue weighted by atomic mass is 19.4. The molecule has 0 saturated heterocycles. The van der Waals surface area contributed by atoms with Gasteiger partial charge in [-0.05, 0) is 19.4 Å². The van der Waals surface area contributed by atoms with E-state index in [1.54, 1.807) is 23.0 Å². The third kappa shape index (κ3) is 3.60. The van der Waals surface area contributed by atoms with Gasteiger partial charge in [0.15, 0.2) is 17.2 Å². The molecule has 4 aromatic rings. The van der Waals surface area contributed by atoms with Crippen LogP contribution in [0.15, 0.2) is 36.8 Å². The van der Waals surface area contributed by atoms with E-state index in [-0.39, 0.29) is 11.9 Å². The third-order valence-corrected chi connectivity index (χ3v) is 4.79. The molecule has 30 heavy (non-hydrogen) atoms. The second-order valence-electron chi connectivity index (χ2n) is 7.37. The number of nitrogens with two attached hydrogens (primary N) is 1. The normalized spacial score (nSPS) is 12.2. The van der Waals surface area contributed by atoms with E-state index in [1.807, 2.05) is 33.0 Å². The fourth-order valence-corrected chi connectivity index (χ4v) is 3.25. The standard InChI is InChI=1S/C20H20F3N7/c1-11(2)30-9-14(20(21,22)23)26-18(30)13-6-4-12(5-7-13)8-15-27-17(24)16-19(28-15)29(3)10-25-16/h4-7,9-11H,8H2,1-3H3,(H2,24,27,28). The topological polar surface area (TPSA) is 87.4 Å². The second-order valence-corrected chi connectivity index (χ2v) is 7.37. The highest BCUT2D eigenvalue weighted by Crippen LogP contribution is 2.32. The van der Waals surface area contributed by atoms with Gasteiger partial charge in [0.25, 0.3) is 0 Å². The van der Waals surface area contributed by atoms with E-state index < -0.39 is 11.9 Å². The molecule has 10 heteroatoms. The average molecular weight is 415 g/mol. The highest BCUT2D eigenvalue weighted by Gasteiger charge is 2.35. The molecule has 0 amide bonds. The van der Waals surface area contributed by atoms with Gasteiger partial charge in [0.05, 0.1) is 6.33 Å². The van der Waals surface area contributed by atoms with Crippen molar-refractivity contribution in [3.8, 4) is 11.4 Å². The molecule has 0 aliphatic rings. The lowest BCUT2D eigenvalue weighted by Gasteiger charge is -2.11. The van der Waals surface area contributed by atoms with E-state index in [0.29, 0.717) is 34.8 Å². The van der Waals surface area contributed by atoms with Crippen molar-refractivity contribution in [3.63, 3.8) is 0 Å². The first kappa shape index (κ1) is 19.9. The molecule has 3 heterocycles. The molecule has 0 fully saturated rings. The molecule has 7 nitrogen and oxygen atoms in total. The van der Waals surface area contributed by atoms with Crippen molar-refractivity contribution in [3.05, 3.63) is 53.9 Å². The quantitative estimate of drug-likeness (QED) is 0.544. The summed E-state index contributed by atoms with van der Waals surface area (Å²) in [6.45, 7) is 3.63. The highest BCUT2D eigenvalue weighted by molar-refractivity contribution is 5.81. The second kappa shape index (κ2) is 7.12. The molecule has 0 radical (unpaired) electrons. The molecule has 4 rings (SSSR count). The van der Waals surface area contributed by atoms with Crippen molar-refractivity contribution in [2.75, 3.05) is 5.73 Å². The minimum atomic E-state index is -4.49. The van der Waals surface area contributed by atoms with Crippen LogP contribution in [0.25, 0.3) is 22.6 Å². The molecule has 0 unspecified atom stereocenters. The molecule has 0 aliphatic carbocycles. The maximum atomic E-state index is 13.1. The van der Waals surface area contributed by atoms with Crippen LogP contribution in [-0.4, -0.2) is 29.1 Å². The van der Waals surface area contributed by atoms with Crippen LogP contribution in [-0.2, 0) is 19.6 Å². The van der Waals surface area contributed by atoms with Gasteiger partial charge in [-0.3, -0.25) is 0 Å². The number of hydrogen-bond donors (Lipinski definition) is 1. The van der Waals surface area contributed by atoms with Gasteiger partial charge >= 0.3 is 6.18 Å². The van der Waals surface area contributed by atoms with Gasteiger partial charge in [-0.25, -0.2) is 19.9 Å². The Morgan fingerprint density at radius 2 is 1.77 bits per heavy atom. The molecular weight excluding hydrogens is 395 g/mol. The number of rotatable bonds is 4. The Bertz CT molecular complexity index is 1200. The Morgan fingerprint density at radius 1 is 1.07 bits per heavy atom. The van der Waals surface area contributed by atoms with E-state index >= 15 is 0 Å². The number of aromatic nitrogens is 6. The first-order valence-electron chi connectivity index (χ1n) is 9.32. The monoisotopic (exact) mass is 415 g/mol. The smallest absolute Gasteiger partial charge is 0.382 e. The number of imidazole rings is 2. The first-order chi connectivity index (χ1) is 14.1. The van der Waals surface area contributed by atoms with Gasteiger partial charge in [0.2, 0.25) is 0 Å². The number of alkyl halides is 3. The van der Waals surface area contributed by atoms with E-state index in [0.717, 1.165) is 11.8 Å². The number of aryl methyl sites for hydroxylation is 1. The summed E-state index contributed by atoms with van der Waals surface area (Å²) in [7, 11) is 1.83. The predicted molar refractivity (Wildman–Crippen MR) is 107 cm³/mol. The van der Waals surface area contributed by atoms with Crippen LogP contribution in [0.2, 0.25) is 0 Å². The third-order valence-electron chi connectivity index (χ3n) is 4.79. The van der Waals surface area contributed by atoms with Gasteiger partial charge in [-0.1, -0.05) is 24.3 Å². The van der Waals surface area contributed by atoms with Crippen LogP contribution in [0.5, 0.6) is 0 Å². The van der Waals surface area contributed by atoms with Crippen LogP contribution in [0.3, 0.4) is 0 Å². The summed E-state index contributed by atoms with van der Waals surface area (Å²) in [5.41, 5.74) is 7.78. The lowest BCUT2D eigenvalue weighted by molar-refractivity contribution is -0.140. The minimum Gasteiger partial charge on any atom is -0.382 e. The fourth-order valence-electron chi connectivity index (χ4n) is 3.25. The van der Waals surface area contributed by atoms with Crippen LogP contribution in [0, 0.1) is 0 Å². The fraction of sp³-hybridized carbons (Fsp3) is 0.300. The summed E-state index contributed by atoms with van der Waals surface area (Å²) in [4.78, 5) is 16.8. The van der Waals surface area contributed by atoms with Crippen LogP contribution in [0.4, 0.5) is 19.0 Å². The maximum absolute atomic E-state index is 13.1. The summed E-state index contributed by atoms with van der Waals surface area (Å²) in [6, 6.07) is 7.00. The van der Waals surface area contributed by atoms with Gasteiger partial charge in [0.1, 0.15) is 17.2 Å². The van der Waals surface area contributed by atoms with Crippen molar-refractivity contribution in [1.29, 1.82) is 0 Å². The summed E-state index contributed by atoms with van der Waals surface area (Å²) in [5, 5.41) is 0. The SMILES string of the molecule is CC(C)n1cc(C(F)(F)F)nc1-c1ccc(Cc2nc(N)c3ncn(C)c3n2)cc1. The molecule has 0 saturated carbocycles. The number of halogens is 3. The van der Waals surface area contributed by atoms with E-state index in [1.165, 1.54) is 4.57 Å². The summed E-state index contributed by atoms with van der Waals surface area (Å²) in [6.07, 6.45) is -1.39. The molecule has 0 atom stereocenters. The minimum absolute atomic E-state index is 0.162. The first-order valence-corrected chi connectivity index (χ1v) is 9.32. The lowest BCUT2D eigenvalue weighted by atomic mass is 10.1. The zero-order valence-electron chi connectivity index (χ0n) is 16.6. The van der Waals surface area contributed by atoms with Crippen molar-refractivity contribution in [2.24, 2.45) is 7.05 Å². The van der Waals surface area contributed by atoms with E-state index in [2.05, 4.69) is 19.9 Å². The number of nitrogen functional groups attached to an aromatic ring is 1. The molecule has 156 valence electrons. The van der Waals surface area contributed by atoms with Gasteiger partial charge in [0, 0.05) is 31.3 Å². The van der Waals surface area contributed by atoms with Crippen molar-refractivity contribution in [1.82, 2.24) is 29.1 Å². The molecule has 2 N–H and O–H groups in total. The zero-order valence-corrected chi connectivity index (χ0v) is 16.6. The molecule has 0 bridgehead atoms. The Morgan fingerprint density at radius 3 is 2.40 bits per heavy atom. The van der Waals surface area contributed by atoms with Crippen molar-refractivity contribution in [2.45, 2.75) is 32.5 Å². The van der Waals surface area contributed by atoms with Gasteiger partial charge in [-0.2, -0.15) is 13.2 Å². The van der Waals surface area contributed by atoms with Crippen molar-refractivity contribution >= 4 is 17.0 Å². The predicted octanol–water partition coefficient (Wildman–Crippen LogP) is 4.00. The Hall–Kier alpha value is -3.43. The number of nitrogens with zero attached hydrogens (tertiary/aromatic N) is 6. The molecule has 3 aromatic heterocycles. The maximum Gasteiger partial charge on any atom is 0.434 e. The van der Waals surface area contributed by atoms with Crippen LogP contribution < -0.4 is 5.73 Å². The number of hydrogen-bond acceptors (Lipinski definition) is 5. The lowest BCUT2D eigenvalue weighted by Crippen LogP contribution is -2.05. The number of benzene rings is 1. The molecule has 0 aliphatic heterocycles. The average Bonchev–Trinajstić information content (AvgIpc) is 3.28. The van der Waals surface area contributed by atoms with Crippen molar-refractivity contribution < 1.29 is 13.2 Å². The largest absolute Gasteiger partial charge is 0.434 e. The molecule has 1 aromatic carbocycles. The zero-order chi connectivity index (χ0) is 21.6. The number of fused-ring (bicyclic) bond motifs is 1. The Labute approximate surface area is 170 Å². The van der Waals surface area contributed by atoms with Gasteiger partial charge in [-0.15, -0.1) is 0 Å². The molecular formula is C20H20F3N7. The summed E-state index contributed by atoms with van der Waals surface area (Å²) < 4.78 is 42.6. The summed E-state index contributed by atoms with van der Waals surface area (Å²) in [5.74, 6) is 1.13. The Kier molecular flexibility index (Phi) is 4.71. The van der Waals surface area contributed by atoms with Gasteiger partial charge < -0.3 is 14.9 Å². The summed E-state index contributed by atoms with van der Waals surface area (Å²) >= 11 is 0. The number of anilines is 1. The van der Waals surface area contributed by atoms with Crippen LogP contribution >= 0.6 is 0 Å².